The van der Waals surface area contributed by atoms with Gasteiger partial charge in [-0.2, -0.15) is 0 Å². The van der Waals surface area contributed by atoms with Gasteiger partial charge in [-0.15, -0.1) is 0 Å². The summed E-state index contributed by atoms with van der Waals surface area (Å²) in [5.74, 6) is 1.09. The van der Waals surface area contributed by atoms with Crippen LogP contribution in [0.5, 0.6) is 11.5 Å². The zero-order valence-electron chi connectivity index (χ0n) is 17.0. The summed E-state index contributed by atoms with van der Waals surface area (Å²) in [6.45, 7) is 0.737. The summed E-state index contributed by atoms with van der Waals surface area (Å²) in [5.41, 5.74) is 1.84. The molecule has 1 aliphatic rings. The Morgan fingerprint density at radius 1 is 1.10 bits per heavy atom. The largest absolute Gasteiger partial charge is 0.497 e. The van der Waals surface area contributed by atoms with Crippen LogP contribution in [0.3, 0.4) is 0 Å². The monoisotopic (exact) mass is 397 g/mol. The highest BCUT2D eigenvalue weighted by Gasteiger charge is 2.38. The summed E-state index contributed by atoms with van der Waals surface area (Å²) in [6, 6.07) is 14.1. The molecule has 2 N–H and O–H groups in total. The number of nitrogens with zero attached hydrogens (tertiary/aromatic N) is 1. The second-order valence-electron chi connectivity index (χ2n) is 6.89. The molecule has 0 aromatic heterocycles. The first kappa shape index (κ1) is 20.7. The molecule has 1 aliphatic heterocycles. The van der Waals surface area contributed by atoms with Crippen molar-refractivity contribution in [1.82, 2.24) is 15.5 Å². The Morgan fingerprint density at radius 3 is 2.52 bits per heavy atom. The van der Waals surface area contributed by atoms with Gasteiger partial charge in [-0.3, -0.25) is 15.0 Å². The van der Waals surface area contributed by atoms with Crippen molar-refractivity contribution in [2.75, 3.05) is 27.8 Å². The number of benzene rings is 2. The van der Waals surface area contributed by atoms with Gasteiger partial charge < -0.3 is 14.8 Å². The molecule has 1 heterocycles. The van der Waals surface area contributed by atoms with Crippen molar-refractivity contribution < 1.29 is 19.1 Å². The van der Waals surface area contributed by atoms with E-state index in [1.165, 1.54) is 7.05 Å². The van der Waals surface area contributed by atoms with Crippen LogP contribution in [-0.2, 0) is 4.79 Å². The predicted octanol–water partition coefficient (Wildman–Crippen LogP) is 3.04. The Kier molecular flexibility index (Phi) is 6.72. The van der Waals surface area contributed by atoms with Crippen molar-refractivity contribution in [3.63, 3.8) is 0 Å². The van der Waals surface area contributed by atoms with E-state index in [1.807, 2.05) is 48.5 Å². The van der Waals surface area contributed by atoms with Gasteiger partial charge in [0.15, 0.2) is 0 Å². The molecule has 0 saturated carbocycles. The van der Waals surface area contributed by atoms with Crippen molar-refractivity contribution in [2.24, 2.45) is 0 Å². The highest BCUT2D eigenvalue weighted by molar-refractivity contribution is 5.97. The molecule has 0 unspecified atom stereocenters. The third-order valence-electron chi connectivity index (χ3n) is 5.25. The standard InChI is InChI=1S/C22H27N3O4/c1-23-22(27)24-21(26)20(15-8-5-4-6-9-15)25-13-7-10-18(25)17-12-11-16(28-2)14-19(17)29-3/h4-6,8-9,11-12,14,18,20H,7,10,13H2,1-3H3,(H2,23,24,26,27)/t18-,20-/m1/s1. The fraction of sp³-hybridized carbons (Fsp3) is 0.364. The van der Waals surface area contributed by atoms with Gasteiger partial charge in [-0.1, -0.05) is 36.4 Å². The van der Waals surface area contributed by atoms with Crippen LogP contribution in [0.2, 0.25) is 0 Å². The SMILES string of the molecule is CNC(=O)NC(=O)[C@@H](c1ccccc1)N1CCC[C@@H]1c1ccc(OC)cc1OC. The molecule has 154 valence electrons. The summed E-state index contributed by atoms with van der Waals surface area (Å²) in [5, 5.41) is 4.89. The number of amides is 3. The molecule has 2 aromatic rings. The van der Waals surface area contributed by atoms with Crippen LogP contribution < -0.4 is 20.1 Å². The molecule has 0 bridgehead atoms. The van der Waals surface area contributed by atoms with Crippen molar-refractivity contribution in [2.45, 2.75) is 24.9 Å². The maximum absolute atomic E-state index is 13.1. The number of nitrogens with one attached hydrogen (secondary N) is 2. The van der Waals surface area contributed by atoms with E-state index in [2.05, 4.69) is 15.5 Å². The Bertz CT molecular complexity index is 856. The minimum absolute atomic E-state index is 0.0171. The maximum Gasteiger partial charge on any atom is 0.321 e. The fourth-order valence-electron chi connectivity index (χ4n) is 3.90. The van der Waals surface area contributed by atoms with Gasteiger partial charge in [-0.05, 0) is 31.0 Å². The molecule has 3 rings (SSSR count). The number of carbonyl (C=O) groups is 2. The predicted molar refractivity (Wildman–Crippen MR) is 110 cm³/mol. The lowest BCUT2D eigenvalue weighted by molar-refractivity contribution is -0.126. The molecular weight excluding hydrogens is 370 g/mol. The van der Waals surface area contributed by atoms with Crippen LogP contribution in [0.15, 0.2) is 48.5 Å². The van der Waals surface area contributed by atoms with E-state index in [-0.39, 0.29) is 11.9 Å². The molecule has 1 fully saturated rings. The van der Waals surface area contributed by atoms with Crippen LogP contribution in [0.25, 0.3) is 0 Å². The van der Waals surface area contributed by atoms with Crippen molar-refractivity contribution in [1.29, 1.82) is 0 Å². The number of hydrogen-bond acceptors (Lipinski definition) is 5. The molecule has 0 radical (unpaired) electrons. The molecule has 1 saturated heterocycles. The quantitative estimate of drug-likeness (QED) is 0.783. The average Bonchev–Trinajstić information content (AvgIpc) is 3.22. The topological polar surface area (TPSA) is 79.9 Å². The van der Waals surface area contributed by atoms with Crippen LogP contribution in [0.4, 0.5) is 4.79 Å². The molecular formula is C22H27N3O4. The Morgan fingerprint density at radius 2 is 1.86 bits per heavy atom. The minimum Gasteiger partial charge on any atom is -0.497 e. The number of ether oxygens (including phenoxy) is 2. The lowest BCUT2D eigenvalue weighted by Crippen LogP contribution is -2.45. The molecule has 29 heavy (non-hydrogen) atoms. The zero-order valence-corrected chi connectivity index (χ0v) is 17.0. The van der Waals surface area contributed by atoms with E-state index in [9.17, 15) is 9.59 Å². The fourth-order valence-corrected chi connectivity index (χ4v) is 3.90. The smallest absolute Gasteiger partial charge is 0.321 e. The number of likely N-dealkylation sites (tertiary alicyclic amines) is 1. The van der Waals surface area contributed by atoms with Gasteiger partial charge >= 0.3 is 6.03 Å². The highest BCUT2D eigenvalue weighted by atomic mass is 16.5. The first-order valence-corrected chi connectivity index (χ1v) is 9.64. The summed E-state index contributed by atoms with van der Waals surface area (Å²) in [6.07, 6.45) is 1.83. The number of methoxy groups -OCH3 is 2. The number of imide groups is 1. The van der Waals surface area contributed by atoms with Crippen LogP contribution in [0.1, 0.15) is 36.1 Å². The molecule has 0 aliphatic carbocycles. The summed E-state index contributed by atoms with van der Waals surface area (Å²) in [7, 11) is 4.73. The third kappa shape index (κ3) is 4.51. The Balaban J connectivity index is 1.99. The van der Waals surface area contributed by atoms with Crippen LogP contribution in [0, 0.1) is 0 Å². The first-order chi connectivity index (χ1) is 14.1. The normalized spacial score (nSPS) is 17.4. The van der Waals surface area contributed by atoms with E-state index in [0.717, 1.165) is 36.3 Å². The number of carbonyl (C=O) groups excluding carboxylic acids is 2. The van der Waals surface area contributed by atoms with Gasteiger partial charge in [0.2, 0.25) is 5.91 Å². The zero-order chi connectivity index (χ0) is 20.8. The lowest BCUT2D eigenvalue weighted by Gasteiger charge is -2.33. The summed E-state index contributed by atoms with van der Waals surface area (Å²) in [4.78, 5) is 27.0. The van der Waals surface area contributed by atoms with Crippen molar-refractivity contribution in [3.8, 4) is 11.5 Å². The molecule has 7 nitrogen and oxygen atoms in total. The molecule has 2 atom stereocenters. The van der Waals surface area contributed by atoms with E-state index in [1.54, 1.807) is 14.2 Å². The molecule has 7 heteroatoms. The first-order valence-electron chi connectivity index (χ1n) is 9.64. The van der Waals surface area contributed by atoms with Gasteiger partial charge in [0.1, 0.15) is 17.5 Å². The van der Waals surface area contributed by atoms with Gasteiger partial charge in [0, 0.05) is 24.7 Å². The van der Waals surface area contributed by atoms with E-state index in [4.69, 9.17) is 9.47 Å². The number of hydrogen-bond donors (Lipinski definition) is 2. The number of rotatable bonds is 6. The second kappa shape index (κ2) is 9.43. The Labute approximate surface area is 171 Å². The lowest BCUT2D eigenvalue weighted by atomic mass is 9.98. The van der Waals surface area contributed by atoms with Crippen LogP contribution in [-0.4, -0.2) is 44.7 Å². The third-order valence-corrected chi connectivity index (χ3v) is 5.25. The summed E-state index contributed by atoms with van der Waals surface area (Å²) >= 11 is 0. The molecule has 0 spiro atoms. The highest BCUT2D eigenvalue weighted by Crippen LogP contribution is 2.42. The van der Waals surface area contributed by atoms with Gasteiger partial charge in [0.05, 0.1) is 14.2 Å². The van der Waals surface area contributed by atoms with Gasteiger partial charge in [0.25, 0.3) is 0 Å². The second-order valence-corrected chi connectivity index (χ2v) is 6.89. The maximum atomic E-state index is 13.1. The molecule has 2 aromatic carbocycles. The minimum atomic E-state index is -0.590. The van der Waals surface area contributed by atoms with Crippen molar-refractivity contribution >= 4 is 11.9 Å². The Hall–Kier alpha value is -3.06. The molecule has 3 amide bonds. The van der Waals surface area contributed by atoms with Crippen molar-refractivity contribution in [3.05, 3.63) is 59.7 Å². The average molecular weight is 397 g/mol. The van der Waals surface area contributed by atoms with E-state index >= 15 is 0 Å². The summed E-state index contributed by atoms with van der Waals surface area (Å²) < 4.78 is 10.9. The van der Waals surface area contributed by atoms with Gasteiger partial charge in [-0.25, -0.2) is 4.79 Å². The van der Waals surface area contributed by atoms with E-state index < -0.39 is 12.1 Å². The van der Waals surface area contributed by atoms with Crippen LogP contribution >= 0.6 is 0 Å². The van der Waals surface area contributed by atoms with E-state index in [0.29, 0.717) is 5.75 Å². The number of urea groups is 1.